The third-order valence-electron chi connectivity index (χ3n) is 5.03. The highest BCUT2D eigenvalue weighted by Crippen LogP contribution is 2.30. The number of aromatic nitrogens is 2. The molecule has 3 aromatic rings. The largest absolute Gasteiger partial charge is 0.379 e. The maximum Gasteiger partial charge on any atom is 0.226 e. The monoisotopic (exact) mass is 417 g/mol. The first-order chi connectivity index (χ1) is 14.6. The van der Waals surface area contributed by atoms with Crippen LogP contribution >= 0.6 is 0 Å². The molecule has 0 amide bonds. The first kappa shape index (κ1) is 20.4. The molecule has 0 spiro atoms. The van der Waals surface area contributed by atoms with Gasteiger partial charge >= 0.3 is 0 Å². The number of rotatable bonds is 6. The number of benzene rings is 2. The summed E-state index contributed by atoms with van der Waals surface area (Å²) in [6.07, 6.45) is 0.632. The molecule has 1 saturated heterocycles. The molecule has 1 atom stereocenters. The predicted molar refractivity (Wildman–Crippen MR) is 109 cm³/mol. The summed E-state index contributed by atoms with van der Waals surface area (Å²) in [6, 6.07) is 9.97. The molecule has 30 heavy (non-hydrogen) atoms. The minimum atomic E-state index is -1.56. The van der Waals surface area contributed by atoms with Crippen LogP contribution in [0.1, 0.15) is 13.3 Å². The van der Waals surface area contributed by atoms with Gasteiger partial charge in [0.05, 0.1) is 19.4 Å². The van der Waals surface area contributed by atoms with E-state index in [1.54, 1.807) is 12.1 Å². The molecule has 1 unspecified atom stereocenters. The zero-order valence-electron chi connectivity index (χ0n) is 16.5. The SMILES string of the molecule is CCC(Nc1nc(Nc2ccccc2)c2cc(F)c(F)c(F)c2n1)N1CCOCC1. The Kier molecular flexibility index (Phi) is 6.01. The van der Waals surface area contributed by atoms with Crippen molar-refractivity contribution in [1.29, 1.82) is 0 Å². The summed E-state index contributed by atoms with van der Waals surface area (Å²) in [6.45, 7) is 4.73. The smallest absolute Gasteiger partial charge is 0.226 e. The lowest BCUT2D eigenvalue weighted by Gasteiger charge is -2.34. The molecule has 0 bridgehead atoms. The predicted octanol–water partition coefficient (Wildman–Crippen LogP) is 4.27. The van der Waals surface area contributed by atoms with Gasteiger partial charge in [-0.25, -0.2) is 18.2 Å². The summed E-state index contributed by atoms with van der Waals surface area (Å²) < 4.78 is 47.7. The molecular formula is C21H22F3N5O. The number of ether oxygens (including phenoxy) is 1. The van der Waals surface area contributed by atoms with Crippen molar-refractivity contribution in [3.63, 3.8) is 0 Å². The van der Waals surface area contributed by atoms with E-state index in [2.05, 4.69) is 25.5 Å². The summed E-state index contributed by atoms with van der Waals surface area (Å²) in [7, 11) is 0. The first-order valence-corrected chi connectivity index (χ1v) is 9.82. The lowest BCUT2D eigenvalue weighted by molar-refractivity contribution is 0.0213. The molecule has 158 valence electrons. The average Bonchev–Trinajstić information content (AvgIpc) is 2.78. The fourth-order valence-corrected chi connectivity index (χ4v) is 3.48. The zero-order valence-corrected chi connectivity index (χ0v) is 16.5. The highest BCUT2D eigenvalue weighted by Gasteiger charge is 2.23. The van der Waals surface area contributed by atoms with E-state index in [-0.39, 0.29) is 28.8 Å². The van der Waals surface area contributed by atoms with Crippen LogP contribution in [0.5, 0.6) is 0 Å². The standard InChI is InChI=1S/C21H22F3N5O/c1-2-16(29-8-10-30-11-9-29)26-21-27-19-14(12-15(22)17(23)18(19)24)20(28-21)25-13-6-4-3-5-7-13/h3-7,12,16H,2,8-11H2,1H3,(H2,25,26,27,28). The van der Waals surface area contributed by atoms with Gasteiger partial charge in [-0.15, -0.1) is 0 Å². The van der Waals surface area contributed by atoms with Gasteiger partial charge in [0, 0.05) is 24.2 Å². The minimum Gasteiger partial charge on any atom is -0.379 e. The topological polar surface area (TPSA) is 62.3 Å². The van der Waals surface area contributed by atoms with Crippen LogP contribution < -0.4 is 10.6 Å². The van der Waals surface area contributed by atoms with Crippen molar-refractivity contribution in [2.45, 2.75) is 19.5 Å². The van der Waals surface area contributed by atoms with Crippen LogP contribution in [0.4, 0.5) is 30.6 Å². The van der Waals surface area contributed by atoms with Crippen molar-refractivity contribution in [3.05, 3.63) is 53.8 Å². The molecule has 1 aromatic heterocycles. The quantitative estimate of drug-likeness (QED) is 0.584. The lowest BCUT2D eigenvalue weighted by Crippen LogP contribution is -2.47. The summed E-state index contributed by atoms with van der Waals surface area (Å²) in [4.78, 5) is 10.8. The molecular weight excluding hydrogens is 395 g/mol. The second kappa shape index (κ2) is 8.85. The lowest BCUT2D eigenvalue weighted by atomic mass is 10.2. The highest BCUT2D eigenvalue weighted by molar-refractivity contribution is 5.92. The molecule has 1 fully saturated rings. The van der Waals surface area contributed by atoms with Crippen LogP contribution in [0.3, 0.4) is 0 Å². The van der Waals surface area contributed by atoms with Gasteiger partial charge in [0.15, 0.2) is 17.5 Å². The molecule has 1 aliphatic rings. The van der Waals surface area contributed by atoms with Gasteiger partial charge < -0.3 is 15.4 Å². The fraction of sp³-hybridized carbons (Fsp3) is 0.333. The number of morpholine rings is 1. The minimum absolute atomic E-state index is 0.0558. The summed E-state index contributed by atoms with van der Waals surface area (Å²) in [5, 5.41) is 6.31. The Morgan fingerprint density at radius 2 is 1.80 bits per heavy atom. The van der Waals surface area contributed by atoms with Crippen molar-refractivity contribution in [2.75, 3.05) is 36.9 Å². The Bertz CT molecular complexity index is 1030. The van der Waals surface area contributed by atoms with Crippen LogP contribution in [0.15, 0.2) is 36.4 Å². The average molecular weight is 417 g/mol. The van der Waals surface area contributed by atoms with Crippen molar-refractivity contribution in [2.24, 2.45) is 0 Å². The van der Waals surface area contributed by atoms with Crippen LogP contribution in [0.25, 0.3) is 10.9 Å². The summed E-state index contributed by atoms with van der Waals surface area (Å²) in [5.41, 5.74) is 0.385. The van der Waals surface area contributed by atoms with Crippen LogP contribution in [-0.2, 0) is 4.74 Å². The second-order valence-electron chi connectivity index (χ2n) is 6.99. The van der Waals surface area contributed by atoms with Crippen molar-refractivity contribution in [1.82, 2.24) is 14.9 Å². The van der Waals surface area contributed by atoms with E-state index in [1.807, 2.05) is 25.1 Å². The van der Waals surface area contributed by atoms with Crippen LogP contribution in [0, 0.1) is 17.5 Å². The van der Waals surface area contributed by atoms with Gasteiger partial charge in [0.2, 0.25) is 5.95 Å². The van der Waals surface area contributed by atoms with E-state index in [9.17, 15) is 13.2 Å². The van der Waals surface area contributed by atoms with Gasteiger partial charge in [0.1, 0.15) is 11.3 Å². The van der Waals surface area contributed by atoms with Gasteiger partial charge in [0.25, 0.3) is 0 Å². The molecule has 2 heterocycles. The molecule has 0 saturated carbocycles. The normalized spacial score (nSPS) is 15.9. The molecule has 0 radical (unpaired) electrons. The Morgan fingerprint density at radius 3 is 2.50 bits per heavy atom. The second-order valence-corrected chi connectivity index (χ2v) is 6.99. The highest BCUT2D eigenvalue weighted by atomic mass is 19.2. The van der Waals surface area contributed by atoms with Crippen LogP contribution in [0.2, 0.25) is 0 Å². The number of fused-ring (bicyclic) bond motifs is 1. The number of hydrogen-bond acceptors (Lipinski definition) is 6. The van der Waals surface area contributed by atoms with E-state index in [1.165, 1.54) is 0 Å². The number of para-hydroxylation sites is 1. The summed E-state index contributed by atoms with van der Waals surface area (Å²) >= 11 is 0. The van der Waals surface area contributed by atoms with Gasteiger partial charge in [-0.2, -0.15) is 4.98 Å². The third kappa shape index (κ3) is 4.17. The summed E-state index contributed by atoms with van der Waals surface area (Å²) in [5.74, 6) is -3.88. The van der Waals surface area contributed by atoms with Gasteiger partial charge in [-0.3, -0.25) is 4.90 Å². The number of nitrogens with zero attached hydrogens (tertiary/aromatic N) is 3. The van der Waals surface area contributed by atoms with E-state index in [0.717, 1.165) is 25.6 Å². The van der Waals surface area contributed by atoms with Crippen molar-refractivity contribution < 1.29 is 17.9 Å². The van der Waals surface area contributed by atoms with E-state index < -0.39 is 17.5 Å². The number of halogens is 3. The molecule has 6 nitrogen and oxygen atoms in total. The first-order valence-electron chi connectivity index (χ1n) is 9.82. The fourth-order valence-electron chi connectivity index (χ4n) is 3.48. The van der Waals surface area contributed by atoms with Crippen molar-refractivity contribution >= 4 is 28.4 Å². The van der Waals surface area contributed by atoms with Crippen LogP contribution in [-0.4, -0.2) is 47.3 Å². The maximum absolute atomic E-state index is 14.5. The van der Waals surface area contributed by atoms with E-state index in [4.69, 9.17) is 4.74 Å². The van der Waals surface area contributed by atoms with Crippen molar-refractivity contribution in [3.8, 4) is 0 Å². The number of anilines is 3. The Morgan fingerprint density at radius 1 is 1.07 bits per heavy atom. The Labute approximate surface area is 172 Å². The molecule has 2 N–H and O–H groups in total. The Balaban J connectivity index is 1.75. The van der Waals surface area contributed by atoms with Gasteiger partial charge in [-0.1, -0.05) is 25.1 Å². The molecule has 2 aromatic carbocycles. The molecule has 9 heteroatoms. The zero-order chi connectivity index (χ0) is 21.1. The van der Waals surface area contributed by atoms with E-state index in [0.29, 0.717) is 18.9 Å². The maximum atomic E-state index is 14.5. The molecule has 0 aliphatic carbocycles. The van der Waals surface area contributed by atoms with Gasteiger partial charge in [-0.05, 0) is 24.6 Å². The Hall–Kier alpha value is -2.91. The third-order valence-corrected chi connectivity index (χ3v) is 5.03. The van der Waals surface area contributed by atoms with E-state index >= 15 is 0 Å². The molecule has 1 aliphatic heterocycles. The number of nitrogens with one attached hydrogen (secondary N) is 2. The molecule has 4 rings (SSSR count). The number of hydrogen-bond donors (Lipinski definition) is 2.